The van der Waals surface area contributed by atoms with Gasteiger partial charge >= 0.3 is 0 Å². The van der Waals surface area contributed by atoms with Gasteiger partial charge in [0.05, 0.1) is 6.10 Å². The van der Waals surface area contributed by atoms with Crippen molar-refractivity contribution in [3.63, 3.8) is 0 Å². The monoisotopic (exact) mass is 202 g/mol. The first-order valence-electron chi connectivity index (χ1n) is 5.67. The minimum atomic E-state index is 0.228. The third-order valence-electron chi connectivity index (χ3n) is 2.81. The molecule has 0 rings (SSSR count). The highest BCUT2D eigenvalue weighted by molar-refractivity contribution is 4.65. The van der Waals surface area contributed by atoms with Gasteiger partial charge in [-0.05, 0) is 33.7 Å². The molecule has 2 atom stereocenters. The summed E-state index contributed by atoms with van der Waals surface area (Å²) in [5.74, 6) is 0. The van der Waals surface area contributed by atoms with Crippen molar-refractivity contribution < 1.29 is 4.74 Å². The molecule has 2 unspecified atom stereocenters. The second kappa shape index (κ2) is 8.21. The molecule has 0 aliphatic rings. The zero-order valence-electron chi connectivity index (χ0n) is 10.1. The van der Waals surface area contributed by atoms with Gasteiger partial charge in [0.1, 0.15) is 0 Å². The lowest BCUT2D eigenvalue weighted by Crippen LogP contribution is -2.34. The van der Waals surface area contributed by atoms with Crippen LogP contribution in [0.1, 0.15) is 33.6 Å². The van der Waals surface area contributed by atoms with Gasteiger partial charge in [0.25, 0.3) is 0 Å². The number of hydrogen-bond acceptors (Lipinski definition) is 3. The third-order valence-corrected chi connectivity index (χ3v) is 2.81. The molecule has 0 aromatic heterocycles. The summed E-state index contributed by atoms with van der Waals surface area (Å²) in [5, 5.41) is 0. The van der Waals surface area contributed by atoms with E-state index in [9.17, 15) is 0 Å². The fourth-order valence-electron chi connectivity index (χ4n) is 1.38. The molecule has 14 heavy (non-hydrogen) atoms. The molecule has 0 spiro atoms. The molecule has 0 fully saturated rings. The first kappa shape index (κ1) is 13.9. The average molecular weight is 202 g/mol. The van der Waals surface area contributed by atoms with Crippen LogP contribution in [-0.4, -0.2) is 43.8 Å². The smallest absolute Gasteiger partial charge is 0.0709 e. The Labute approximate surface area is 88.6 Å². The van der Waals surface area contributed by atoms with Crippen molar-refractivity contribution in [1.82, 2.24) is 4.90 Å². The fourth-order valence-corrected chi connectivity index (χ4v) is 1.38. The maximum absolute atomic E-state index is 5.61. The molecule has 0 saturated carbocycles. The number of nitrogens with two attached hydrogens (primary N) is 1. The number of hydrogen-bond donors (Lipinski definition) is 1. The van der Waals surface area contributed by atoms with Crippen LogP contribution < -0.4 is 5.73 Å². The fraction of sp³-hybridized carbons (Fsp3) is 1.00. The summed E-state index contributed by atoms with van der Waals surface area (Å²) < 4.78 is 5.50. The van der Waals surface area contributed by atoms with Crippen molar-refractivity contribution >= 4 is 0 Å². The lowest BCUT2D eigenvalue weighted by Gasteiger charge is -2.25. The van der Waals surface area contributed by atoms with Gasteiger partial charge in [0, 0.05) is 25.7 Å². The Morgan fingerprint density at radius 2 is 2.00 bits per heavy atom. The molecule has 0 radical (unpaired) electrons. The predicted octanol–water partition coefficient (Wildman–Crippen LogP) is 1.47. The van der Waals surface area contributed by atoms with Gasteiger partial charge in [0.15, 0.2) is 0 Å². The third kappa shape index (κ3) is 5.58. The first-order chi connectivity index (χ1) is 6.65. The molecule has 86 valence electrons. The van der Waals surface area contributed by atoms with Crippen molar-refractivity contribution in [2.45, 2.75) is 45.8 Å². The van der Waals surface area contributed by atoms with Crippen molar-refractivity contribution in [2.75, 3.05) is 26.7 Å². The van der Waals surface area contributed by atoms with Gasteiger partial charge in [-0.1, -0.05) is 6.92 Å². The Balaban J connectivity index is 3.67. The van der Waals surface area contributed by atoms with Crippen molar-refractivity contribution in [3.05, 3.63) is 0 Å². The van der Waals surface area contributed by atoms with E-state index < -0.39 is 0 Å². The maximum Gasteiger partial charge on any atom is 0.0709 e. The van der Waals surface area contributed by atoms with Gasteiger partial charge in [-0.2, -0.15) is 0 Å². The summed E-state index contributed by atoms with van der Waals surface area (Å²) in [6, 6.07) is 0.648. The molecule has 0 saturated heterocycles. The van der Waals surface area contributed by atoms with Crippen molar-refractivity contribution in [2.24, 2.45) is 5.73 Å². The lowest BCUT2D eigenvalue weighted by molar-refractivity contribution is 0.0534. The Morgan fingerprint density at radius 3 is 2.43 bits per heavy atom. The van der Waals surface area contributed by atoms with Crippen LogP contribution >= 0.6 is 0 Å². The van der Waals surface area contributed by atoms with Crippen LogP contribution in [0.5, 0.6) is 0 Å². The molecule has 0 bridgehead atoms. The molecule has 0 aromatic rings. The van der Waals surface area contributed by atoms with Crippen LogP contribution in [-0.2, 0) is 4.74 Å². The molecule has 3 heteroatoms. The summed E-state index contributed by atoms with van der Waals surface area (Å²) in [4.78, 5) is 2.36. The number of nitrogens with zero attached hydrogens (tertiary/aromatic N) is 1. The summed E-state index contributed by atoms with van der Waals surface area (Å²) in [6.45, 7) is 8.93. The van der Waals surface area contributed by atoms with Gasteiger partial charge < -0.3 is 15.4 Å². The normalized spacial score (nSPS) is 15.9. The quantitative estimate of drug-likeness (QED) is 0.648. The average Bonchev–Trinajstić information content (AvgIpc) is 2.22. The molecule has 2 N–H and O–H groups in total. The van der Waals surface area contributed by atoms with E-state index in [0.717, 1.165) is 19.6 Å². The van der Waals surface area contributed by atoms with Crippen molar-refractivity contribution in [1.29, 1.82) is 0 Å². The Morgan fingerprint density at radius 1 is 1.36 bits per heavy atom. The zero-order chi connectivity index (χ0) is 11.0. The highest BCUT2D eigenvalue weighted by Crippen LogP contribution is 2.04. The SMILES string of the molecule is CCOC(CN)CCN(C)C(C)CC. The lowest BCUT2D eigenvalue weighted by atomic mass is 10.2. The second-order valence-corrected chi connectivity index (χ2v) is 3.84. The Kier molecular flexibility index (Phi) is 8.14. The maximum atomic E-state index is 5.61. The highest BCUT2D eigenvalue weighted by atomic mass is 16.5. The standard InChI is InChI=1S/C11H26N2O/c1-5-10(3)13(4)8-7-11(9-12)14-6-2/h10-11H,5-9,12H2,1-4H3. The van der Waals surface area contributed by atoms with E-state index in [1.165, 1.54) is 6.42 Å². The van der Waals surface area contributed by atoms with Crippen LogP contribution in [0.25, 0.3) is 0 Å². The van der Waals surface area contributed by atoms with E-state index in [-0.39, 0.29) is 6.10 Å². The number of ether oxygens (including phenoxy) is 1. The van der Waals surface area contributed by atoms with E-state index in [1.807, 2.05) is 6.92 Å². The topological polar surface area (TPSA) is 38.5 Å². The summed E-state index contributed by atoms with van der Waals surface area (Å²) >= 11 is 0. The minimum absolute atomic E-state index is 0.228. The number of rotatable bonds is 8. The van der Waals surface area contributed by atoms with Crippen LogP contribution in [0.4, 0.5) is 0 Å². The van der Waals surface area contributed by atoms with Crippen LogP contribution in [0.2, 0.25) is 0 Å². The van der Waals surface area contributed by atoms with Crippen LogP contribution in [0, 0.1) is 0 Å². The molecule has 0 amide bonds. The summed E-state index contributed by atoms with van der Waals surface area (Å²) in [5.41, 5.74) is 5.61. The largest absolute Gasteiger partial charge is 0.377 e. The van der Waals surface area contributed by atoms with E-state index in [0.29, 0.717) is 12.6 Å². The zero-order valence-corrected chi connectivity index (χ0v) is 10.1. The molecule has 0 aliphatic heterocycles. The highest BCUT2D eigenvalue weighted by Gasteiger charge is 2.10. The van der Waals surface area contributed by atoms with Crippen LogP contribution in [0.3, 0.4) is 0 Å². The molecular weight excluding hydrogens is 176 g/mol. The van der Waals surface area contributed by atoms with Gasteiger partial charge in [-0.3, -0.25) is 0 Å². The van der Waals surface area contributed by atoms with Crippen molar-refractivity contribution in [3.8, 4) is 0 Å². The van der Waals surface area contributed by atoms with E-state index >= 15 is 0 Å². The van der Waals surface area contributed by atoms with Crippen LogP contribution in [0.15, 0.2) is 0 Å². The van der Waals surface area contributed by atoms with E-state index in [2.05, 4.69) is 25.8 Å². The van der Waals surface area contributed by atoms with E-state index in [1.54, 1.807) is 0 Å². The molecular formula is C11H26N2O. The molecule has 3 nitrogen and oxygen atoms in total. The summed E-state index contributed by atoms with van der Waals surface area (Å²) in [6.07, 6.45) is 2.45. The summed E-state index contributed by atoms with van der Waals surface area (Å²) in [7, 11) is 2.16. The predicted molar refractivity (Wildman–Crippen MR) is 61.5 cm³/mol. The van der Waals surface area contributed by atoms with Gasteiger partial charge in [-0.25, -0.2) is 0 Å². The second-order valence-electron chi connectivity index (χ2n) is 3.84. The molecule has 0 aromatic carbocycles. The van der Waals surface area contributed by atoms with Gasteiger partial charge in [0.2, 0.25) is 0 Å². The first-order valence-corrected chi connectivity index (χ1v) is 5.67. The Hall–Kier alpha value is -0.120. The Bertz CT molecular complexity index is 128. The molecule has 0 aliphatic carbocycles. The van der Waals surface area contributed by atoms with Gasteiger partial charge in [-0.15, -0.1) is 0 Å². The molecule has 0 heterocycles. The minimum Gasteiger partial charge on any atom is -0.377 e. The van der Waals surface area contributed by atoms with E-state index in [4.69, 9.17) is 10.5 Å².